The molecule has 4 heteroatoms. The minimum atomic E-state index is -0.457. The van der Waals surface area contributed by atoms with Crippen LogP contribution in [0.25, 0.3) is 0 Å². The monoisotopic (exact) mass is 158 g/mol. The fourth-order valence-electron chi connectivity index (χ4n) is 0.629. The van der Waals surface area contributed by atoms with Crippen molar-refractivity contribution in [1.29, 1.82) is 0 Å². The average molecular weight is 158 g/mol. The molecule has 0 fully saturated rings. The molecule has 0 unspecified atom stereocenters. The smallest absolute Gasteiger partial charge is 0.314 e. The summed E-state index contributed by atoms with van der Waals surface area (Å²) >= 11 is 0. The van der Waals surface area contributed by atoms with Gasteiger partial charge in [0, 0.05) is 19.0 Å². The molecule has 0 aliphatic heterocycles. The first kappa shape index (κ1) is 9.94. The van der Waals surface area contributed by atoms with Crippen molar-refractivity contribution in [2.75, 3.05) is 7.05 Å². The van der Waals surface area contributed by atoms with E-state index in [4.69, 9.17) is 0 Å². The Balaban J connectivity index is 3.89. The predicted octanol–water partition coefficient (Wildman–Crippen LogP) is 0.283. The third-order valence-corrected chi connectivity index (χ3v) is 1.27. The van der Waals surface area contributed by atoms with Gasteiger partial charge >= 0.3 is 6.03 Å². The van der Waals surface area contributed by atoms with Gasteiger partial charge in [0.2, 0.25) is 0 Å². The number of urea groups is 1. The van der Waals surface area contributed by atoms with Crippen molar-refractivity contribution in [1.82, 2.24) is 10.6 Å². The molecule has 0 rings (SSSR count). The van der Waals surface area contributed by atoms with Gasteiger partial charge in [0.05, 0.1) is 0 Å². The molecule has 0 atom stereocenters. The first-order chi connectivity index (χ1) is 5.02. The van der Waals surface area contributed by atoms with Crippen LogP contribution >= 0.6 is 0 Å². The van der Waals surface area contributed by atoms with Gasteiger partial charge in [-0.1, -0.05) is 0 Å². The molecule has 0 saturated carbocycles. The Labute approximate surface area is 66.4 Å². The summed E-state index contributed by atoms with van der Waals surface area (Å²) in [6, 6.07) is -0.267. The molecule has 0 aromatic rings. The Kier molecular flexibility index (Phi) is 3.57. The third kappa shape index (κ3) is 4.36. The average Bonchev–Trinajstić information content (AvgIpc) is 1.86. The third-order valence-electron chi connectivity index (χ3n) is 1.27. The number of nitrogens with one attached hydrogen (secondary N) is 2. The molecule has 0 aromatic carbocycles. The van der Waals surface area contributed by atoms with Gasteiger partial charge in [-0.2, -0.15) is 0 Å². The topological polar surface area (TPSA) is 58.2 Å². The van der Waals surface area contributed by atoms with Crippen molar-refractivity contribution in [2.45, 2.75) is 25.8 Å². The molecular formula is C7H14N2O2. The van der Waals surface area contributed by atoms with Gasteiger partial charge in [-0.15, -0.1) is 0 Å². The quantitative estimate of drug-likeness (QED) is 0.580. The highest BCUT2D eigenvalue weighted by atomic mass is 16.2. The van der Waals surface area contributed by atoms with Crippen LogP contribution in [0.4, 0.5) is 4.79 Å². The largest absolute Gasteiger partial charge is 0.341 e. The molecule has 2 N–H and O–H groups in total. The lowest BCUT2D eigenvalue weighted by Crippen LogP contribution is -2.47. The van der Waals surface area contributed by atoms with E-state index in [9.17, 15) is 9.59 Å². The van der Waals surface area contributed by atoms with Gasteiger partial charge in [0.25, 0.3) is 0 Å². The van der Waals surface area contributed by atoms with Gasteiger partial charge in [-0.3, -0.25) is 0 Å². The van der Waals surface area contributed by atoms with Crippen LogP contribution in [0.15, 0.2) is 0 Å². The van der Waals surface area contributed by atoms with E-state index in [1.165, 1.54) is 7.05 Å². The maximum Gasteiger partial charge on any atom is 0.314 e. The lowest BCUT2D eigenvalue weighted by atomic mass is 10.0. The zero-order valence-electron chi connectivity index (χ0n) is 7.10. The van der Waals surface area contributed by atoms with E-state index in [2.05, 4.69) is 10.6 Å². The molecule has 0 aliphatic carbocycles. The summed E-state index contributed by atoms with van der Waals surface area (Å²) in [5.41, 5.74) is -0.457. The Bertz CT molecular complexity index is 155. The zero-order chi connectivity index (χ0) is 8.91. The van der Waals surface area contributed by atoms with Crippen LogP contribution in [0.5, 0.6) is 0 Å². The molecule has 0 radical (unpaired) electrons. The summed E-state index contributed by atoms with van der Waals surface area (Å²) in [6.07, 6.45) is 1.11. The lowest BCUT2D eigenvalue weighted by Gasteiger charge is -2.22. The maximum absolute atomic E-state index is 10.8. The van der Waals surface area contributed by atoms with Crippen molar-refractivity contribution >= 4 is 12.3 Å². The first-order valence-electron chi connectivity index (χ1n) is 3.45. The van der Waals surface area contributed by atoms with Crippen LogP contribution in [0, 0.1) is 0 Å². The van der Waals surface area contributed by atoms with Crippen LogP contribution in [-0.2, 0) is 4.79 Å². The van der Waals surface area contributed by atoms with E-state index in [-0.39, 0.29) is 6.03 Å². The predicted molar refractivity (Wildman–Crippen MR) is 42.4 cm³/mol. The fraction of sp³-hybridized carbons (Fsp3) is 0.714. The molecule has 64 valence electrons. The van der Waals surface area contributed by atoms with Crippen LogP contribution in [-0.4, -0.2) is 24.9 Å². The lowest BCUT2D eigenvalue weighted by molar-refractivity contribution is -0.108. The number of hydrogen-bond acceptors (Lipinski definition) is 2. The van der Waals surface area contributed by atoms with Gasteiger partial charge in [0.1, 0.15) is 6.29 Å². The Morgan fingerprint density at radius 3 is 2.45 bits per heavy atom. The summed E-state index contributed by atoms with van der Waals surface area (Å²) < 4.78 is 0. The van der Waals surface area contributed by atoms with E-state index >= 15 is 0 Å². The Morgan fingerprint density at radius 1 is 1.55 bits per heavy atom. The minimum Gasteiger partial charge on any atom is -0.341 e. The van der Waals surface area contributed by atoms with Gasteiger partial charge < -0.3 is 15.4 Å². The molecule has 0 spiro atoms. The van der Waals surface area contributed by atoms with Crippen LogP contribution in [0.3, 0.4) is 0 Å². The molecule has 0 aliphatic rings. The van der Waals surface area contributed by atoms with Gasteiger partial charge in [0.15, 0.2) is 0 Å². The van der Waals surface area contributed by atoms with E-state index < -0.39 is 5.54 Å². The van der Waals surface area contributed by atoms with Crippen LogP contribution in [0.2, 0.25) is 0 Å². The number of carbonyl (C=O) groups is 2. The molecule has 11 heavy (non-hydrogen) atoms. The van der Waals surface area contributed by atoms with E-state index in [0.29, 0.717) is 6.42 Å². The molecule has 4 nitrogen and oxygen atoms in total. The highest BCUT2D eigenvalue weighted by Crippen LogP contribution is 2.04. The number of hydrogen-bond donors (Lipinski definition) is 2. The molecule has 0 saturated heterocycles. The molecular weight excluding hydrogens is 144 g/mol. The highest BCUT2D eigenvalue weighted by Gasteiger charge is 2.18. The summed E-state index contributed by atoms with van der Waals surface area (Å²) in [7, 11) is 1.53. The summed E-state index contributed by atoms with van der Waals surface area (Å²) in [5.74, 6) is 0. The number of carbonyl (C=O) groups excluding carboxylic acids is 2. The second-order valence-corrected chi connectivity index (χ2v) is 2.96. The molecule has 2 amide bonds. The summed E-state index contributed by atoms with van der Waals surface area (Å²) in [6.45, 7) is 3.58. The van der Waals surface area contributed by atoms with Crippen molar-refractivity contribution in [3.8, 4) is 0 Å². The molecule has 0 heterocycles. The van der Waals surface area contributed by atoms with Gasteiger partial charge in [-0.25, -0.2) is 4.79 Å². The number of amides is 2. The van der Waals surface area contributed by atoms with E-state index in [1.807, 2.05) is 0 Å². The SMILES string of the molecule is CNC(=O)NC(C)(C)CC=O. The van der Waals surface area contributed by atoms with Crippen molar-refractivity contribution in [2.24, 2.45) is 0 Å². The second-order valence-electron chi connectivity index (χ2n) is 2.96. The number of rotatable bonds is 3. The molecule has 0 bridgehead atoms. The minimum absolute atomic E-state index is 0.267. The van der Waals surface area contributed by atoms with E-state index in [1.54, 1.807) is 13.8 Å². The van der Waals surface area contributed by atoms with Crippen molar-refractivity contribution < 1.29 is 9.59 Å². The molecule has 0 aromatic heterocycles. The first-order valence-corrected chi connectivity index (χ1v) is 3.45. The van der Waals surface area contributed by atoms with E-state index in [0.717, 1.165) is 6.29 Å². The summed E-state index contributed by atoms with van der Waals surface area (Å²) in [4.78, 5) is 20.9. The van der Waals surface area contributed by atoms with Crippen LogP contribution < -0.4 is 10.6 Å². The zero-order valence-corrected chi connectivity index (χ0v) is 7.10. The second kappa shape index (κ2) is 3.95. The summed E-state index contributed by atoms with van der Waals surface area (Å²) in [5, 5.41) is 5.04. The number of aldehydes is 1. The Hall–Kier alpha value is -1.06. The highest BCUT2D eigenvalue weighted by molar-refractivity contribution is 5.74. The van der Waals surface area contributed by atoms with Gasteiger partial charge in [-0.05, 0) is 13.8 Å². The maximum atomic E-state index is 10.8. The van der Waals surface area contributed by atoms with Crippen LogP contribution in [0.1, 0.15) is 20.3 Å². The van der Waals surface area contributed by atoms with Crippen molar-refractivity contribution in [3.63, 3.8) is 0 Å². The van der Waals surface area contributed by atoms with Crippen molar-refractivity contribution in [3.05, 3.63) is 0 Å². The fourth-order valence-corrected chi connectivity index (χ4v) is 0.629. The Morgan fingerprint density at radius 2 is 2.09 bits per heavy atom. The normalized spacial score (nSPS) is 10.5. The standard InChI is InChI=1S/C7H14N2O2/c1-7(2,4-5-10)9-6(11)8-3/h5H,4H2,1-3H3,(H2,8,9,11).